The minimum absolute atomic E-state index is 0.186. The number of rotatable bonds is 2. The Morgan fingerprint density at radius 1 is 1.56 bits per heavy atom. The number of aryl methyl sites for hydroxylation is 1. The molecule has 1 aliphatic carbocycles. The zero-order valence-corrected chi connectivity index (χ0v) is 8.90. The first-order valence-electron chi connectivity index (χ1n) is 5.34. The average molecular weight is 216 g/mol. The largest absolute Gasteiger partial charge is 0.481 e. The molecule has 0 aliphatic heterocycles. The van der Waals surface area contributed by atoms with Gasteiger partial charge in [0.05, 0.1) is 17.0 Å². The van der Waals surface area contributed by atoms with Gasteiger partial charge in [-0.15, -0.1) is 0 Å². The van der Waals surface area contributed by atoms with E-state index in [-0.39, 0.29) is 11.8 Å². The fraction of sp³-hybridized carbons (Fsp3) is 0.333. The van der Waals surface area contributed by atoms with Crippen molar-refractivity contribution in [2.45, 2.75) is 19.3 Å². The predicted octanol–water partition coefficient (Wildman–Crippen LogP) is 2.06. The maximum absolute atomic E-state index is 10.8. The van der Waals surface area contributed by atoms with Gasteiger partial charge in [0.15, 0.2) is 0 Å². The van der Waals surface area contributed by atoms with Gasteiger partial charge in [-0.05, 0) is 37.0 Å². The molecule has 2 atom stereocenters. The molecule has 2 N–H and O–H groups in total. The monoisotopic (exact) mass is 216 g/mol. The minimum atomic E-state index is -0.689. The number of nitrogens with one attached hydrogen (secondary N) is 1. The zero-order valence-electron chi connectivity index (χ0n) is 8.90. The lowest BCUT2D eigenvalue weighted by Gasteiger charge is -1.98. The average Bonchev–Trinajstić information content (AvgIpc) is 2.94. The Morgan fingerprint density at radius 2 is 2.38 bits per heavy atom. The molecule has 1 aromatic carbocycles. The van der Waals surface area contributed by atoms with Crippen molar-refractivity contribution in [2.24, 2.45) is 5.92 Å². The van der Waals surface area contributed by atoms with E-state index in [9.17, 15) is 4.79 Å². The van der Waals surface area contributed by atoms with Crippen LogP contribution in [0.5, 0.6) is 0 Å². The molecule has 2 unspecified atom stereocenters. The molecule has 16 heavy (non-hydrogen) atoms. The third-order valence-corrected chi connectivity index (χ3v) is 3.16. The van der Waals surface area contributed by atoms with E-state index in [4.69, 9.17) is 5.11 Å². The summed E-state index contributed by atoms with van der Waals surface area (Å²) in [6.07, 6.45) is 0.758. The van der Waals surface area contributed by atoms with Crippen molar-refractivity contribution in [3.63, 3.8) is 0 Å². The fourth-order valence-electron chi connectivity index (χ4n) is 2.22. The number of aliphatic carboxylic acids is 1. The van der Waals surface area contributed by atoms with Crippen LogP contribution in [-0.4, -0.2) is 21.0 Å². The van der Waals surface area contributed by atoms with Gasteiger partial charge in [0.1, 0.15) is 5.82 Å². The number of benzene rings is 1. The number of imidazole rings is 1. The highest BCUT2D eigenvalue weighted by atomic mass is 16.4. The Bertz CT molecular complexity index is 573. The van der Waals surface area contributed by atoms with Gasteiger partial charge in [-0.25, -0.2) is 4.98 Å². The van der Waals surface area contributed by atoms with Gasteiger partial charge in [0.2, 0.25) is 0 Å². The lowest BCUT2D eigenvalue weighted by atomic mass is 10.1. The number of nitrogens with zero attached hydrogens (tertiary/aromatic N) is 1. The number of aromatic amines is 1. The van der Waals surface area contributed by atoms with Crippen LogP contribution in [-0.2, 0) is 4.79 Å². The number of carbonyl (C=O) groups is 1. The summed E-state index contributed by atoms with van der Waals surface area (Å²) in [5, 5.41) is 8.88. The predicted molar refractivity (Wildman–Crippen MR) is 59.3 cm³/mol. The van der Waals surface area contributed by atoms with Crippen LogP contribution >= 0.6 is 0 Å². The summed E-state index contributed by atoms with van der Waals surface area (Å²) in [5.41, 5.74) is 3.03. The number of fused-ring (bicyclic) bond motifs is 1. The summed E-state index contributed by atoms with van der Waals surface area (Å²) in [6, 6.07) is 5.95. The van der Waals surface area contributed by atoms with Crippen LogP contribution in [0.1, 0.15) is 23.7 Å². The summed E-state index contributed by atoms with van der Waals surface area (Å²) in [4.78, 5) is 18.3. The number of carboxylic acid groups (broad SMARTS) is 1. The standard InChI is InChI=1S/C12H12N2O2/c1-6-13-10-3-2-7(4-11(10)14-6)8-5-9(8)12(15)16/h2-4,8-9H,5H2,1H3,(H,13,14)(H,15,16). The van der Waals surface area contributed by atoms with Gasteiger partial charge in [0.25, 0.3) is 0 Å². The van der Waals surface area contributed by atoms with Crippen LogP contribution in [0.25, 0.3) is 11.0 Å². The fourth-order valence-corrected chi connectivity index (χ4v) is 2.22. The van der Waals surface area contributed by atoms with Crippen LogP contribution in [0.3, 0.4) is 0 Å². The highest BCUT2D eigenvalue weighted by molar-refractivity contribution is 5.78. The Hall–Kier alpha value is -1.84. The van der Waals surface area contributed by atoms with Crippen molar-refractivity contribution in [3.8, 4) is 0 Å². The lowest BCUT2D eigenvalue weighted by molar-refractivity contribution is -0.138. The third kappa shape index (κ3) is 1.38. The molecule has 1 aromatic heterocycles. The first kappa shape index (κ1) is 9.39. The van der Waals surface area contributed by atoms with Gasteiger partial charge in [-0.3, -0.25) is 4.79 Å². The number of H-pyrrole nitrogens is 1. The molecule has 2 aromatic rings. The highest BCUT2D eigenvalue weighted by Crippen LogP contribution is 2.47. The van der Waals surface area contributed by atoms with Gasteiger partial charge in [-0.1, -0.05) is 6.07 Å². The van der Waals surface area contributed by atoms with Crippen molar-refractivity contribution in [2.75, 3.05) is 0 Å². The van der Waals surface area contributed by atoms with Crippen LogP contribution in [0.2, 0.25) is 0 Å². The quantitative estimate of drug-likeness (QED) is 0.807. The molecule has 0 saturated heterocycles. The number of carboxylic acids is 1. The summed E-state index contributed by atoms with van der Waals surface area (Å²) >= 11 is 0. The van der Waals surface area contributed by atoms with E-state index in [0.29, 0.717) is 0 Å². The second-order valence-electron chi connectivity index (χ2n) is 4.39. The van der Waals surface area contributed by atoms with E-state index in [0.717, 1.165) is 28.8 Å². The van der Waals surface area contributed by atoms with E-state index < -0.39 is 5.97 Å². The summed E-state index contributed by atoms with van der Waals surface area (Å²) in [5.74, 6) is 0.190. The molecule has 4 heteroatoms. The van der Waals surface area contributed by atoms with E-state index in [2.05, 4.69) is 9.97 Å². The molecular weight excluding hydrogens is 204 g/mol. The molecule has 4 nitrogen and oxygen atoms in total. The Kier molecular flexibility index (Phi) is 1.80. The maximum Gasteiger partial charge on any atom is 0.307 e. The van der Waals surface area contributed by atoms with Gasteiger partial charge in [0, 0.05) is 0 Å². The Morgan fingerprint density at radius 3 is 3.06 bits per heavy atom. The molecule has 0 spiro atoms. The molecule has 3 rings (SSSR count). The summed E-state index contributed by atoms with van der Waals surface area (Å²) < 4.78 is 0. The van der Waals surface area contributed by atoms with Crippen molar-refractivity contribution in [3.05, 3.63) is 29.6 Å². The van der Waals surface area contributed by atoms with Gasteiger partial charge < -0.3 is 10.1 Å². The first-order valence-corrected chi connectivity index (χ1v) is 5.34. The van der Waals surface area contributed by atoms with Crippen molar-refractivity contribution >= 4 is 17.0 Å². The molecule has 82 valence electrons. The normalized spacial score (nSPS) is 23.6. The summed E-state index contributed by atoms with van der Waals surface area (Å²) in [7, 11) is 0. The van der Waals surface area contributed by atoms with Crippen molar-refractivity contribution < 1.29 is 9.90 Å². The van der Waals surface area contributed by atoms with Crippen molar-refractivity contribution in [1.29, 1.82) is 0 Å². The van der Waals surface area contributed by atoms with Crippen LogP contribution in [0, 0.1) is 12.8 Å². The minimum Gasteiger partial charge on any atom is -0.481 e. The molecule has 0 bridgehead atoms. The number of hydrogen-bond donors (Lipinski definition) is 2. The Balaban J connectivity index is 1.97. The van der Waals surface area contributed by atoms with E-state index in [1.54, 1.807) is 0 Å². The Labute approximate surface area is 92.3 Å². The molecule has 0 radical (unpaired) electrons. The molecular formula is C12H12N2O2. The molecule has 1 saturated carbocycles. The van der Waals surface area contributed by atoms with Crippen molar-refractivity contribution in [1.82, 2.24) is 9.97 Å². The third-order valence-electron chi connectivity index (χ3n) is 3.16. The summed E-state index contributed by atoms with van der Waals surface area (Å²) in [6.45, 7) is 1.91. The van der Waals surface area contributed by atoms with Crippen LogP contribution in [0.15, 0.2) is 18.2 Å². The molecule has 1 heterocycles. The smallest absolute Gasteiger partial charge is 0.307 e. The van der Waals surface area contributed by atoms with Crippen LogP contribution in [0.4, 0.5) is 0 Å². The SMILES string of the molecule is Cc1nc2ccc(C3CC3C(=O)O)cc2[nH]1. The van der Waals surface area contributed by atoms with E-state index in [1.807, 2.05) is 25.1 Å². The van der Waals surface area contributed by atoms with E-state index >= 15 is 0 Å². The molecule has 1 aliphatic rings. The zero-order chi connectivity index (χ0) is 11.3. The molecule has 0 amide bonds. The van der Waals surface area contributed by atoms with E-state index in [1.165, 1.54) is 0 Å². The van der Waals surface area contributed by atoms with Gasteiger partial charge >= 0.3 is 5.97 Å². The van der Waals surface area contributed by atoms with Crippen LogP contribution < -0.4 is 0 Å². The number of aromatic nitrogens is 2. The molecule has 1 fully saturated rings. The number of hydrogen-bond acceptors (Lipinski definition) is 2. The van der Waals surface area contributed by atoms with Gasteiger partial charge in [-0.2, -0.15) is 0 Å². The topological polar surface area (TPSA) is 66.0 Å². The second-order valence-corrected chi connectivity index (χ2v) is 4.39. The second kappa shape index (κ2) is 3.07. The lowest BCUT2D eigenvalue weighted by Crippen LogP contribution is -1.98. The maximum atomic E-state index is 10.8. The first-order chi connectivity index (χ1) is 7.65. The highest BCUT2D eigenvalue weighted by Gasteiger charge is 2.44.